The molecule has 0 atom stereocenters. The number of nitrogens with zero attached hydrogens (tertiary/aromatic N) is 1. The van der Waals surface area contributed by atoms with Crippen LogP contribution >= 0.6 is 11.6 Å². The first-order valence-electron chi connectivity index (χ1n) is 7.20. The standard InChI is InChI=1S/C15H17ClN4O3S/c1-2-8-18-15(21)20-24(22,23)13-10-11(6-7-12(13)16)19-14-5-3-4-9-17-14/h3-7,9-10H,2,8H2,1H3,(H,17,19)(H2,18,20,21). The number of anilines is 2. The summed E-state index contributed by atoms with van der Waals surface area (Å²) in [6.07, 6.45) is 2.30. The summed E-state index contributed by atoms with van der Waals surface area (Å²) in [6.45, 7) is 2.23. The molecule has 3 N–H and O–H groups in total. The van der Waals surface area contributed by atoms with Crippen molar-refractivity contribution in [1.82, 2.24) is 15.0 Å². The second-order valence-corrected chi connectivity index (χ2v) is 6.90. The van der Waals surface area contributed by atoms with Crippen LogP contribution in [-0.4, -0.2) is 26.0 Å². The van der Waals surface area contributed by atoms with Gasteiger partial charge in [-0.15, -0.1) is 0 Å². The van der Waals surface area contributed by atoms with Crippen LogP contribution in [0.2, 0.25) is 5.02 Å². The summed E-state index contributed by atoms with van der Waals surface area (Å²) in [5.74, 6) is 0.553. The molecule has 9 heteroatoms. The summed E-state index contributed by atoms with van der Waals surface area (Å²) in [7, 11) is -4.09. The van der Waals surface area contributed by atoms with Gasteiger partial charge in [-0.2, -0.15) is 0 Å². The molecule has 7 nitrogen and oxygen atoms in total. The van der Waals surface area contributed by atoms with E-state index in [1.54, 1.807) is 30.5 Å². The smallest absolute Gasteiger partial charge is 0.328 e. The van der Waals surface area contributed by atoms with Gasteiger partial charge in [-0.05, 0) is 36.8 Å². The van der Waals surface area contributed by atoms with E-state index in [-0.39, 0.29) is 9.92 Å². The molecule has 1 aromatic carbocycles. The zero-order chi connectivity index (χ0) is 17.6. The highest BCUT2D eigenvalue weighted by molar-refractivity contribution is 7.90. The van der Waals surface area contributed by atoms with Crippen molar-refractivity contribution in [3.05, 3.63) is 47.6 Å². The van der Waals surface area contributed by atoms with Gasteiger partial charge in [0.15, 0.2) is 0 Å². The van der Waals surface area contributed by atoms with E-state index < -0.39 is 16.1 Å². The predicted molar refractivity (Wildman–Crippen MR) is 93.0 cm³/mol. The van der Waals surface area contributed by atoms with Crippen LogP contribution in [-0.2, 0) is 10.0 Å². The second kappa shape index (κ2) is 7.98. The van der Waals surface area contributed by atoms with E-state index in [9.17, 15) is 13.2 Å². The zero-order valence-electron chi connectivity index (χ0n) is 12.9. The fraction of sp³-hybridized carbons (Fsp3) is 0.200. The maximum absolute atomic E-state index is 12.3. The van der Waals surface area contributed by atoms with Gasteiger partial charge in [0.2, 0.25) is 0 Å². The summed E-state index contributed by atoms with van der Waals surface area (Å²) < 4.78 is 26.6. The predicted octanol–water partition coefficient (Wildman–Crippen LogP) is 2.88. The molecule has 1 aromatic heterocycles. The molecule has 128 valence electrons. The third-order valence-corrected chi connectivity index (χ3v) is 4.73. The van der Waals surface area contributed by atoms with E-state index in [0.29, 0.717) is 24.5 Å². The highest BCUT2D eigenvalue weighted by atomic mass is 35.5. The fourth-order valence-electron chi connectivity index (χ4n) is 1.82. The number of urea groups is 1. The Labute approximate surface area is 145 Å². The lowest BCUT2D eigenvalue weighted by atomic mass is 10.3. The Balaban J connectivity index is 2.22. The van der Waals surface area contributed by atoms with Crippen LogP contribution < -0.4 is 15.4 Å². The van der Waals surface area contributed by atoms with E-state index in [0.717, 1.165) is 0 Å². The molecule has 0 unspecified atom stereocenters. The molecule has 0 saturated heterocycles. The van der Waals surface area contributed by atoms with E-state index in [1.165, 1.54) is 12.1 Å². The Morgan fingerprint density at radius 1 is 1.25 bits per heavy atom. The highest BCUT2D eigenvalue weighted by Crippen LogP contribution is 2.26. The van der Waals surface area contributed by atoms with Crippen molar-refractivity contribution < 1.29 is 13.2 Å². The van der Waals surface area contributed by atoms with Crippen LogP contribution in [0.4, 0.5) is 16.3 Å². The Morgan fingerprint density at radius 2 is 2.04 bits per heavy atom. The first-order valence-corrected chi connectivity index (χ1v) is 9.06. The number of carbonyl (C=O) groups excluding carboxylic acids is 1. The molecule has 1 heterocycles. The maximum atomic E-state index is 12.3. The quantitative estimate of drug-likeness (QED) is 0.727. The van der Waals surface area contributed by atoms with Gasteiger partial charge in [-0.1, -0.05) is 24.6 Å². The topological polar surface area (TPSA) is 100 Å². The number of sulfonamides is 1. The molecule has 0 saturated carbocycles. The molecule has 0 radical (unpaired) electrons. The van der Waals surface area contributed by atoms with E-state index in [4.69, 9.17) is 11.6 Å². The SMILES string of the molecule is CCCNC(=O)NS(=O)(=O)c1cc(Nc2ccccn2)ccc1Cl. The van der Waals surface area contributed by atoms with Gasteiger partial charge in [0.25, 0.3) is 10.0 Å². The Hall–Kier alpha value is -2.32. The Bertz CT molecular complexity index is 813. The van der Waals surface area contributed by atoms with Crippen LogP contribution in [0, 0.1) is 0 Å². The molecule has 24 heavy (non-hydrogen) atoms. The molecular formula is C15H17ClN4O3S. The molecule has 0 aliphatic carbocycles. The van der Waals surface area contributed by atoms with Crippen LogP contribution in [0.1, 0.15) is 13.3 Å². The van der Waals surface area contributed by atoms with Crippen LogP contribution in [0.15, 0.2) is 47.5 Å². The minimum absolute atomic E-state index is 0.0114. The lowest BCUT2D eigenvalue weighted by Gasteiger charge is -2.11. The van der Waals surface area contributed by atoms with Gasteiger partial charge in [0, 0.05) is 18.4 Å². The zero-order valence-corrected chi connectivity index (χ0v) is 14.5. The minimum atomic E-state index is -4.09. The number of hydrogen-bond donors (Lipinski definition) is 3. The average molecular weight is 369 g/mol. The Morgan fingerprint density at radius 3 is 2.71 bits per heavy atom. The number of aromatic nitrogens is 1. The van der Waals surface area contributed by atoms with Crippen LogP contribution in [0.5, 0.6) is 0 Å². The van der Waals surface area contributed by atoms with Crippen molar-refractivity contribution in [3.8, 4) is 0 Å². The molecule has 0 spiro atoms. The second-order valence-electron chi connectivity index (χ2n) is 4.85. The molecule has 2 aromatic rings. The van der Waals surface area contributed by atoms with Crippen LogP contribution in [0.25, 0.3) is 0 Å². The number of pyridine rings is 1. The summed E-state index contributed by atoms with van der Waals surface area (Å²) in [4.78, 5) is 15.5. The van der Waals surface area contributed by atoms with Crippen LogP contribution in [0.3, 0.4) is 0 Å². The van der Waals surface area contributed by atoms with E-state index in [2.05, 4.69) is 15.6 Å². The molecule has 0 bridgehead atoms. The molecule has 0 aliphatic rings. The molecule has 2 amide bonds. The summed E-state index contributed by atoms with van der Waals surface area (Å²) in [5, 5.41) is 5.41. The maximum Gasteiger partial charge on any atom is 0.328 e. The molecular weight excluding hydrogens is 352 g/mol. The van der Waals surface area contributed by atoms with Gasteiger partial charge in [-0.25, -0.2) is 22.9 Å². The third kappa shape index (κ3) is 4.84. The van der Waals surface area contributed by atoms with Gasteiger partial charge in [0.1, 0.15) is 10.7 Å². The Kier molecular flexibility index (Phi) is 5.99. The van der Waals surface area contributed by atoms with Crippen molar-refractivity contribution >= 4 is 39.2 Å². The third-order valence-electron chi connectivity index (χ3n) is 2.92. The number of rotatable bonds is 6. The van der Waals surface area contributed by atoms with Gasteiger partial charge in [-0.3, -0.25) is 0 Å². The normalized spacial score (nSPS) is 10.9. The number of benzene rings is 1. The van der Waals surface area contributed by atoms with Crippen molar-refractivity contribution in [2.24, 2.45) is 0 Å². The summed E-state index contributed by atoms with van der Waals surface area (Å²) in [5.41, 5.74) is 0.479. The molecule has 0 fully saturated rings. The number of nitrogens with one attached hydrogen (secondary N) is 3. The lowest BCUT2D eigenvalue weighted by molar-refractivity contribution is 0.246. The number of carbonyl (C=O) groups is 1. The summed E-state index contributed by atoms with van der Waals surface area (Å²) in [6, 6.07) is 8.89. The lowest BCUT2D eigenvalue weighted by Crippen LogP contribution is -2.39. The largest absolute Gasteiger partial charge is 0.340 e. The van der Waals surface area contributed by atoms with E-state index >= 15 is 0 Å². The van der Waals surface area contributed by atoms with Gasteiger partial charge >= 0.3 is 6.03 Å². The monoisotopic (exact) mass is 368 g/mol. The first-order chi connectivity index (χ1) is 11.4. The number of amides is 2. The van der Waals surface area contributed by atoms with Crippen molar-refractivity contribution in [3.63, 3.8) is 0 Å². The van der Waals surface area contributed by atoms with Crippen molar-refractivity contribution in [2.45, 2.75) is 18.2 Å². The molecule has 2 rings (SSSR count). The van der Waals surface area contributed by atoms with Gasteiger partial charge < -0.3 is 10.6 Å². The molecule has 0 aliphatic heterocycles. The summed E-state index contributed by atoms with van der Waals surface area (Å²) >= 11 is 5.98. The van der Waals surface area contributed by atoms with Crippen molar-refractivity contribution in [1.29, 1.82) is 0 Å². The minimum Gasteiger partial charge on any atom is -0.340 e. The number of halogens is 1. The van der Waals surface area contributed by atoms with E-state index in [1.807, 2.05) is 11.6 Å². The fourth-order valence-corrected chi connectivity index (χ4v) is 3.28. The first kappa shape index (κ1) is 18.0. The average Bonchev–Trinajstić information content (AvgIpc) is 2.55. The van der Waals surface area contributed by atoms with Crippen molar-refractivity contribution in [2.75, 3.05) is 11.9 Å². The number of hydrogen-bond acceptors (Lipinski definition) is 5. The highest BCUT2D eigenvalue weighted by Gasteiger charge is 2.21. The van der Waals surface area contributed by atoms with Gasteiger partial charge in [0.05, 0.1) is 5.02 Å².